The van der Waals surface area contributed by atoms with E-state index in [-0.39, 0.29) is 25.2 Å². The molecule has 2 heterocycles. The first-order chi connectivity index (χ1) is 8.25. The van der Waals surface area contributed by atoms with Gasteiger partial charge >= 0.3 is 0 Å². The van der Waals surface area contributed by atoms with Crippen LogP contribution >= 0.6 is 0 Å². The number of carbonyl (C=O) groups excluding carboxylic acids is 1. The van der Waals surface area contributed by atoms with Gasteiger partial charge in [-0.15, -0.1) is 15.0 Å². The smallest absolute Gasteiger partial charge is 0.200 e. The zero-order valence-electron chi connectivity index (χ0n) is 9.83. The van der Waals surface area contributed by atoms with Crippen LogP contribution in [0.25, 0.3) is 0 Å². The lowest BCUT2D eigenvalue weighted by Gasteiger charge is -2.20. The predicted molar refractivity (Wildman–Crippen MR) is 57.0 cm³/mol. The summed E-state index contributed by atoms with van der Waals surface area (Å²) in [5, 5.41) is 11.9. The van der Waals surface area contributed by atoms with Crippen molar-refractivity contribution in [2.75, 3.05) is 13.2 Å². The van der Waals surface area contributed by atoms with E-state index in [0.29, 0.717) is 5.82 Å². The molecule has 7 nitrogen and oxygen atoms in total. The third-order valence-electron chi connectivity index (χ3n) is 2.42. The van der Waals surface area contributed by atoms with Crippen LogP contribution in [0.1, 0.15) is 38.2 Å². The number of carbonyl (C=O) groups is 1. The van der Waals surface area contributed by atoms with Crippen LogP contribution in [0.2, 0.25) is 0 Å². The van der Waals surface area contributed by atoms with Crippen LogP contribution in [0.15, 0.2) is 0 Å². The molecule has 0 amide bonds. The summed E-state index contributed by atoms with van der Waals surface area (Å²) in [4.78, 5) is 12.2. The number of ether oxygens (including phenoxy) is 2. The fourth-order valence-electron chi connectivity index (χ4n) is 1.63. The molecule has 1 fully saturated rings. The van der Waals surface area contributed by atoms with E-state index in [0.717, 1.165) is 25.9 Å². The van der Waals surface area contributed by atoms with Crippen molar-refractivity contribution in [2.45, 2.75) is 39.0 Å². The maximum atomic E-state index is 10.7. The Bertz CT molecular complexity index is 373. The molecule has 1 aromatic rings. The Morgan fingerprint density at radius 3 is 3.18 bits per heavy atom. The van der Waals surface area contributed by atoms with E-state index in [1.807, 2.05) is 0 Å². The number of aromatic nitrogens is 4. The quantitative estimate of drug-likeness (QED) is 0.744. The molecular formula is C10H16N4O3. The van der Waals surface area contributed by atoms with Gasteiger partial charge < -0.3 is 9.47 Å². The summed E-state index contributed by atoms with van der Waals surface area (Å²) in [7, 11) is 0. The van der Waals surface area contributed by atoms with Crippen molar-refractivity contribution in [3.05, 3.63) is 5.82 Å². The van der Waals surface area contributed by atoms with Crippen molar-refractivity contribution in [3.63, 3.8) is 0 Å². The fourth-order valence-corrected chi connectivity index (χ4v) is 1.63. The molecule has 1 aromatic heterocycles. The van der Waals surface area contributed by atoms with Gasteiger partial charge in [-0.2, -0.15) is 0 Å². The summed E-state index contributed by atoms with van der Waals surface area (Å²) < 4.78 is 10.6. The Kier molecular flexibility index (Phi) is 4.16. The molecular weight excluding hydrogens is 224 g/mol. The van der Waals surface area contributed by atoms with E-state index in [9.17, 15) is 4.79 Å². The van der Waals surface area contributed by atoms with Gasteiger partial charge in [0.1, 0.15) is 13.2 Å². The lowest BCUT2D eigenvalue weighted by atomic mass is 10.2. The lowest BCUT2D eigenvalue weighted by molar-refractivity contribution is -0.121. The molecule has 17 heavy (non-hydrogen) atoms. The number of hydrogen-bond acceptors (Lipinski definition) is 6. The molecule has 1 aliphatic heterocycles. The summed E-state index contributed by atoms with van der Waals surface area (Å²) in [6.07, 6.45) is 2.99. The van der Waals surface area contributed by atoms with Crippen LogP contribution in [-0.4, -0.2) is 39.2 Å². The van der Waals surface area contributed by atoms with Crippen LogP contribution in [-0.2, 0) is 20.9 Å². The molecule has 0 radical (unpaired) electrons. The van der Waals surface area contributed by atoms with Crippen molar-refractivity contribution in [3.8, 4) is 0 Å². The number of hydrogen-bond donors (Lipinski definition) is 0. The number of nitrogens with zero attached hydrogens (tertiary/aromatic N) is 4. The predicted octanol–water partition coefficient (Wildman–Crippen LogP) is 0.478. The number of rotatable bonds is 5. The molecule has 1 aliphatic rings. The van der Waals surface area contributed by atoms with Gasteiger partial charge in [-0.05, 0) is 31.4 Å². The maximum absolute atomic E-state index is 10.7. The molecule has 94 valence electrons. The van der Waals surface area contributed by atoms with Gasteiger partial charge in [-0.25, -0.2) is 0 Å². The zero-order valence-corrected chi connectivity index (χ0v) is 9.83. The van der Waals surface area contributed by atoms with Gasteiger partial charge in [-0.1, -0.05) is 0 Å². The molecule has 0 bridgehead atoms. The third kappa shape index (κ3) is 3.57. The van der Waals surface area contributed by atoms with Crippen LogP contribution in [0.4, 0.5) is 0 Å². The largest absolute Gasteiger partial charge is 0.366 e. The standard InChI is InChI=1S/C10H16N4O3/c1-8(15)6-16-7-9-11-13-14(12-9)10-4-2-3-5-17-10/h10H,2-7H2,1H3. The molecule has 2 rings (SSSR count). The second kappa shape index (κ2) is 5.83. The van der Waals surface area contributed by atoms with Gasteiger partial charge in [0.15, 0.2) is 12.0 Å². The highest BCUT2D eigenvalue weighted by atomic mass is 16.5. The Labute approximate surface area is 99.1 Å². The Morgan fingerprint density at radius 2 is 2.47 bits per heavy atom. The van der Waals surface area contributed by atoms with Crippen molar-refractivity contribution in [1.82, 2.24) is 20.2 Å². The summed E-state index contributed by atoms with van der Waals surface area (Å²) in [5.41, 5.74) is 0. The van der Waals surface area contributed by atoms with Crippen molar-refractivity contribution < 1.29 is 14.3 Å². The van der Waals surface area contributed by atoms with E-state index in [1.165, 1.54) is 11.7 Å². The normalized spacial score (nSPS) is 20.4. The molecule has 7 heteroatoms. The van der Waals surface area contributed by atoms with Crippen LogP contribution in [0.5, 0.6) is 0 Å². The highest BCUT2D eigenvalue weighted by Crippen LogP contribution is 2.20. The van der Waals surface area contributed by atoms with Crippen LogP contribution in [0.3, 0.4) is 0 Å². The molecule has 0 N–H and O–H groups in total. The first kappa shape index (κ1) is 12.1. The molecule has 0 aliphatic carbocycles. The molecule has 1 unspecified atom stereocenters. The average molecular weight is 240 g/mol. The van der Waals surface area contributed by atoms with E-state index in [1.54, 1.807) is 0 Å². The minimum Gasteiger partial charge on any atom is -0.366 e. The van der Waals surface area contributed by atoms with Crippen LogP contribution in [0, 0.1) is 0 Å². The van der Waals surface area contributed by atoms with Crippen LogP contribution < -0.4 is 0 Å². The first-order valence-electron chi connectivity index (χ1n) is 5.73. The Morgan fingerprint density at radius 1 is 1.59 bits per heavy atom. The molecule has 0 saturated carbocycles. The molecule has 1 saturated heterocycles. The summed E-state index contributed by atoms with van der Waals surface area (Å²) in [6, 6.07) is 0. The Hall–Kier alpha value is -1.34. The number of Topliss-reactive ketones (excluding diaryl/α,β-unsaturated/α-hetero) is 1. The highest BCUT2D eigenvalue weighted by molar-refractivity contribution is 5.76. The molecule has 0 aromatic carbocycles. The lowest BCUT2D eigenvalue weighted by Crippen LogP contribution is -2.20. The minimum absolute atomic E-state index is 0.0204. The molecule has 1 atom stereocenters. The highest BCUT2D eigenvalue weighted by Gasteiger charge is 2.18. The minimum atomic E-state index is -0.113. The Balaban J connectivity index is 1.84. The third-order valence-corrected chi connectivity index (χ3v) is 2.42. The van der Waals surface area contributed by atoms with E-state index in [4.69, 9.17) is 9.47 Å². The monoisotopic (exact) mass is 240 g/mol. The van der Waals surface area contributed by atoms with Gasteiger partial charge in [0, 0.05) is 6.61 Å². The first-order valence-corrected chi connectivity index (χ1v) is 5.73. The maximum Gasteiger partial charge on any atom is 0.200 e. The van der Waals surface area contributed by atoms with Crippen molar-refractivity contribution in [2.24, 2.45) is 0 Å². The van der Waals surface area contributed by atoms with E-state index in [2.05, 4.69) is 15.4 Å². The average Bonchev–Trinajstić information content (AvgIpc) is 2.78. The van der Waals surface area contributed by atoms with Gasteiger partial charge in [0.05, 0.1) is 0 Å². The SMILES string of the molecule is CC(=O)COCc1nnn(C2CCCCO2)n1. The number of ketones is 1. The van der Waals surface area contributed by atoms with Crippen molar-refractivity contribution >= 4 is 5.78 Å². The van der Waals surface area contributed by atoms with Gasteiger partial charge in [0.2, 0.25) is 5.82 Å². The van der Waals surface area contributed by atoms with E-state index >= 15 is 0 Å². The fraction of sp³-hybridized carbons (Fsp3) is 0.800. The summed E-state index contributed by atoms with van der Waals surface area (Å²) >= 11 is 0. The topological polar surface area (TPSA) is 79.1 Å². The van der Waals surface area contributed by atoms with Gasteiger partial charge in [-0.3, -0.25) is 4.79 Å². The summed E-state index contributed by atoms with van der Waals surface area (Å²) in [5.74, 6) is 0.452. The second-order valence-electron chi connectivity index (χ2n) is 4.04. The van der Waals surface area contributed by atoms with Crippen molar-refractivity contribution in [1.29, 1.82) is 0 Å². The summed E-state index contributed by atoms with van der Waals surface area (Å²) in [6.45, 7) is 2.49. The molecule has 0 spiro atoms. The van der Waals surface area contributed by atoms with E-state index < -0.39 is 0 Å². The second-order valence-corrected chi connectivity index (χ2v) is 4.04. The number of tetrazole rings is 1. The zero-order chi connectivity index (χ0) is 12.1. The van der Waals surface area contributed by atoms with Gasteiger partial charge in [0.25, 0.3) is 0 Å².